The molecule has 0 aromatic rings. The van der Waals surface area contributed by atoms with Gasteiger partial charge in [0.05, 0.1) is 0 Å². The second-order valence-electron chi connectivity index (χ2n) is 0.850. The van der Waals surface area contributed by atoms with Gasteiger partial charge in [-0.15, -0.1) is 0 Å². The Morgan fingerprint density at radius 3 is 1.27 bits per heavy atom. The molecular formula is CH8N2O5S2Zn. The van der Waals surface area contributed by atoms with E-state index in [1.807, 2.05) is 0 Å². The molecule has 66 valence electrons. The minimum absolute atomic E-state index is 0. The van der Waals surface area contributed by atoms with Crippen molar-refractivity contribution in [1.29, 1.82) is 0 Å². The third kappa shape index (κ3) is 32700. The van der Waals surface area contributed by atoms with Crippen LogP contribution in [-0.4, -0.2) is 28.1 Å². The zero-order chi connectivity index (χ0) is 8.08. The summed E-state index contributed by atoms with van der Waals surface area (Å²) < 4.78 is 31.6. The van der Waals surface area contributed by atoms with E-state index in [0.717, 1.165) is 0 Å². The maximum Gasteiger partial charge on any atom is 0.394 e. The van der Waals surface area contributed by atoms with Gasteiger partial charge in [0.25, 0.3) is 0 Å². The van der Waals surface area contributed by atoms with Crippen molar-refractivity contribution in [1.82, 2.24) is 0 Å². The minimum Gasteiger partial charge on any atom is -0.412 e. The van der Waals surface area contributed by atoms with Crippen LogP contribution in [0.25, 0.3) is 0 Å². The summed E-state index contributed by atoms with van der Waals surface area (Å²) in [6.45, 7) is 0. The summed E-state index contributed by atoms with van der Waals surface area (Å²) in [5.74, 6) is 0. The first kappa shape index (κ1) is 22.5. The molecule has 0 saturated carbocycles. The largest absolute Gasteiger partial charge is 0.412 e. The van der Waals surface area contributed by atoms with Gasteiger partial charge < -0.3 is 16.9 Å². The van der Waals surface area contributed by atoms with Crippen molar-refractivity contribution in [2.45, 2.75) is 0 Å². The van der Waals surface area contributed by atoms with Crippen molar-refractivity contribution in [2.24, 2.45) is 11.5 Å². The molecule has 8 N–H and O–H groups in total. The van der Waals surface area contributed by atoms with Gasteiger partial charge in [-0.2, -0.15) is 8.42 Å². The maximum absolute atomic E-state index is 8.74. The molecule has 7 nitrogen and oxygen atoms in total. The molecule has 11 heavy (non-hydrogen) atoms. The molecule has 0 aliphatic rings. The Balaban J connectivity index is -0.0000000383. The standard InChI is InChI=1S/CH4N2S.H2O4S.H2O.Zn/c2-1(3)4;1-5(2,3)4;;/h(H4,2,3,4);(H2,1,2,3,4);1H2;. The van der Waals surface area contributed by atoms with Crippen LogP contribution in [-0.2, 0) is 29.9 Å². The average Bonchev–Trinajstić information content (AvgIpc) is 1.19. The fourth-order valence-corrected chi connectivity index (χ4v) is 0. The first-order valence-electron chi connectivity index (χ1n) is 1.48. The molecule has 0 aromatic carbocycles. The van der Waals surface area contributed by atoms with Crippen LogP contribution in [0.3, 0.4) is 0 Å². The molecule has 0 unspecified atom stereocenters. The first-order chi connectivity index (χ1) is 3.73. The molecule has 0 fully saturated rings. The Bertz CT molecular complexity index is 165. The molecule has 0 spiro atoms. The SMILES string of the molecule is NC(N)=S.O.O=S(=O)(O)O.[Zn]. The van der Waals surface area contributed by atoms with Crippen molar-refractivity contribution in [3.8, 4) is 0 Å². The van der Waals surface area contributed by atoms with Crippen LogP contribution in [0.1, 0.15) is 0 Å². The molecule has 0 bridgehead atoms. The van der Waals surface area contributed by atoms with Crippen molar-refractivity contribution < 1.29 is 42.5 Å². The minimum atomic E-state index is -4.67. The van der Waals surface area contributed by atoms with E-state index in [2.05, 4.69) is 23.7 Å². The summed E-state index contributed by atoms with van der Waals surface area (Å²) in [4.78, 5) is 0. The van der Waals surface area contributed by atoms with Gasteiger partial charge in [0, 0.05) is 19.5 Å². The number of rotatable bonds is 0. The van der Waals surface area contributed by atoms with Crippen LogP contribution in [0.15, 0.2) is 0 Å². The van der Waals surface area contributed by atoms with Gasteiger partial charge >= 0.3 is 10.4 Å². The van der Waals surface area contributed by atoms with E-state index >= 15 is 0 Å². The van der Waals surface area contributed by atoms with E-state index in [9.17, 15) is 0 Å². The van der Waals surface area contributed by atoms with Gasteiger partial charge in [-0.1, -0.05) is 0 Å². The van der Waals surface area contributed by atoms with Crippen LogP contribution in [0, 0.1) is 0 Å². The third-order valence-corrected chi connectivity index (χ3v) is 0. The summed E-state index contributed by atoms with van der Waals surface area (Å²) in [5.41, 5.74) is 9.24. The summed E-state index contributed by atoms with van der Waals surface area (Å²) in [6, 6.07) is 0. The van der Waals surface area contributed by atoms with Crippen LogP contribution < -0.4 is 11.5 Å². The van der Waals surface area contributed by atoms with E-state index in [-0.39, 0.29) is 30.1 Å². The second kappa shape index (κ2) is 10.1. The molecular weight excluding hydrogens is 250 g/mol. The van der Waals surface area contributed by atoms with E-state index in [1.165, 1.54) is 0 Å². The van der Waals surface area contributed by atoms with Gasteiger partial charge in [-0.05, 0) is 12.2 Å². The van der Waals surface area contributed by atoms with Gasteiger partial charge in [-0.3, -0.25) is 9.11 Å². The third-order valence-electron chi connectivity index (χ3n) is 0. The molecule has 10 heteroatoms. The van der Waals surface area contributed by atoms with Crippen LogP contribution >= 0.6 is 12.2 Å². The van der Waals surface area contributed by atoms with Crippen molar-refractivity contribution >= 4 is 27.7 Å². The van der Waals surface area contributed by atoms with Gasteiger partial charge in [0.15, 0.2) is 5.11 Å². The molecule has 0 aliphatic carbocycles. The predicted octanol–water partition coefficient (Wildman–Crippen LogP) is -2.29. The van der Waals surface area contributed by atoms with Crippen molar-refractivity contribution in [3.63, 3.8) is 0 Å². The fraction of sp³-hybridized carbons (Fsp3) is 0. The normalized spacial score (nSPS) is 7.45. The van der Waals surface area contributed by atoms with Gasteiger partial charge in [0.1, 0.15) is 0 Å². The first-order valence-corrected chi connectivity index (χ1v) is 3.29. The Morgan fingerprint density at radius 1 is 1.27 bits per heavy atom. The van der Waals surface area contributed by atoms with E-state index in [1.54, 1.807) is 0 Å². The summed E-state index contributed by atoms with van der Waals surface area (Å²) in [5, 5.41) is 0.000000000000000222. The Labute approximate surface area is 81.8 Å². The smallest absolute Gasteiger partial charge is 0.394 e. The Morgan fingerprint density at radius 2 is 1.27 bits per heavy atom. The van der Waals surface area contributed by atoms with Gasteiger partial charge in [-0.25, -0.2) is 0 Å². The molecule has 0 heterocycles. The zero-order valence-electron chi connectivity index (χ0n) is 5.39. The zero-order valence-corrected chi connectivity index (χ0v) is 9.99. The molecule has 0 aromatic heterocycles. The molecule has 0 saturated heterocycles. The van der Waals surface area contributed by atoms with Crippen LogP contribution in [0.4, 0.5) is 0 Å². The number of hydrogen-bond acceptors (Lipinski definition) is 3. The monoisotopic (exact) mass is 256 g/mol. The predicted molar refractivity (Wildman–Crippen MR) is 38.8 cm³/mol. The van der Waals surface area contributed by atoms with E-state index in [0.29, 0.717) is 0 Å². The maximum atomic E-state index is 8.74. The Kier molecular flexibility index (Phi) is 20.7. The van der Waals surface area contributed by atoms with E-state index in [4.69, 9.17) is 17.5 Å². The number of nitrogens with two attached hydrogens (primary N) is 2. The number of hydrogen-bond donors (Lipinski definition) is 4. The van der Waals surface area contributed by atoms with Crippen LogP contribution in [0.2, 0.25) is 0 Å². The molecule has 0 radical (unpaired) electrons. The molecule has 0 atom stereocenters. The summed E-state index contributed by atoms with van der Waals surface area (Å²) >= 11 is 4.09. The molecule has 0 aliphatic heterocycles. The average molecular weight is 258 g/mol. The number of thiocarbonyl (C=S) groups is 1. The quantitative estimate of drug-likeness (QED) is 0.216. The molecule has 0 amide bonds. The van der Waals surface area contributed by atoms with Crippen LogP contribution in [0.5, 0.6) is 0 Å². The van der Waals surface area contributed by atoms with Crippen molar-refractivity contribution in [2.75, 3.05) is 0 Å². The molecule has 0 rings (SSSR count). The Hall–Kier alpha value is 0.143. The van der Waals surface area contributed by atoms with E-state index < -0.39 is 10.4 Å². The van der Waals surface area contributed by atoms with Gasteiger partial charge in [0.2, 0.25) is 0 Å². The second-order valence-corrected chi connectivity index (χ2v) is 2.22. The summed E-state index contributed by atoms with van der Waals surface area (Å²) in [6.07, 6.45) is 0. The van der Waals surface area contributed by atoms with Crippen molar-refractivity contribution in [3.05, 3.63) is 0 Å². The fourth-order valence-electron chi connectivity index (χ4n) is 0. The summed E-state index contributed by atoms with van der Waals surface area (Å²) in [7, 11) is -4.67. The topological polar surface area (TPSA) is 158 Å².